The van der Waals surface area contributed by atoms with Gasteiger partial charge in [0, 0.05) is 59.8 Å². The second-order valence-corrected chi connectivity index (χ2v) is 28.7. The smallest absolute Gasteiger partial charge is 0.165 e. The third-order valence-electron chi connectivity index (χ3n) is 22.2. The molecule has 0 atom stereocenters. The van der Waals surface area contributed by atoms with Crippen LogP contribution in [0.3, 0.4) is 0 Å². The van der Waals surface area contributed by atoms with E-state index >= 15 is 0 Å². The highest BCUT2D eigenvalue weighted by atomic mass is 15.2. The van der Waals surface area contributed by atoms with Gasteiger partial charge in [-0.3, -0.25) is 9.13 Å². The van der Waals surface area contributed by atoms with Crippen molar-refractivity contribution in [2.45, 2.75) is 13.8 Å². The fourth-order valence-electron chi connectivity index (χ4n) is 17.4. The van der Waals surface area contributed by atoms with Crippen molar-refractivity contribution in [2.75, 3.05) is 0 Å². The maximum Gasteiger partial charge on any atom is 0.165 e. The maximum absolute atomic E-state index is 6.83. The molecule has 0 unspecified atom stereocenters. The summed E-state index contributed by atoms with van der Waals surface area (Å²) in [4.78, 5) is 6.83. The second kappa shape index (κ2) is 25.3. The van der Waals surface area contributed by atoms with Gasteiger partial charge in [-0.15, -0.1) is 0 Å². The molecule has 0 saturated carbocycles. The molecule has 21 aromatic rings. The Kier molecular flexibility index (Phi) is 14.7. The summed E-state index contributed by atoms with van der Waals surface area (Å²) in [5.41, 5.74) is 30.5. The van der Waals surface area contributed by atoms with Crippen LogP contribution < -0.4 is 0 Å². The first kappa shape index (κ1) is 62.4. The van der Waals surface area contributed by atoms with E-state index in [-0.39, 0.29) is 0 Å². The lowest BCUT2D eigenvalue weighted by Gasteiger charge is -2.27. The Balaban J connectivity index is 1.01. The van der Waals surface area contributed by atoms with Gasteiger partial charge >= 0.3 is 0 Å². The van der Waals surface area contributed by atoms with Gasteiger partial charge in [0.05, 0.1) is 55.5 Å². The van der Waals surface area contributed by atoms with E-state index < -0.39 is 0 Å². The molecule has 5 nitrogen and oxygen atoms in total. The number of aryl methyl sites for hydroxylation is 2. The molecule has 0 amide bonds. The minimum atomic E-state index is 0.770. The normalized spacial score (nSPS) is 11.8. The number of aromatic nitrogens is 5. The highest BCUT2D eigenvalue weighted by Gasteiger charge is 2.34. The number of pyridine rings is 1. The summed E-state index contributed by atoms with van der Waals surface area (Å²) in [6.45, 7) is 4.51. The van der Waals surface area contributed by atoms with E-state index in [2.05, 4.69) is 414 Å². The summed E-state index contributed by atoms with van der Waals surface area (Å²) >= 11 is 0. The number of hydrogen-bond donors (Lipinski definition) is 0. The highest BCUT2D eigenvalue weighted by Crippen LogP contribution is 2.52. The van der Waals surface area contributed by atoms with E-state index in [0.29, 0.717) is 0 Å². The molecular formula is C103H69N5. The van der Waals surface area contributed by atoms with Crippen LogP contribution in [-0.4, -0.2) is 23.3 Å². The number of rotatable bonds is 12. The minimum Gasteiger partial charge on any atom is -0.309 e. The van der Waals surface area contributed by atoms with Gasteiger partial charge in [-0.2, -0.15) is 0 Å². The summed E-state index contributed by atoms with van der Waals surface area (Å²) in [5.74, 6) is 1.55. The Labute approximate surface area is 625 Å². The van der Waals surface area contributed by atoms with Gasteiger partial charge in [0.15, 0.2) is 5.82 Å². The largest absolute Gasteiger partial charge is 0.309 e. The van der Waals surface area contributed by atoms with Crippen LogP contribution in [0.15, 0.2) is 382 Å². The minimum absolute atomic E-state index is 0.770. The van der Waals surface area contributed by atoms with Gasteiger partial charge in [-0.25, -0.2) is 4.98 Å². The average molecular weight is 1380 g/mol. The molecule has 0 radical (unpaired) electrons. The van der Waals surface area contributed by atoms with Gasteiger partial charge in [-0.05, 0) is 177 Å². The fraction of sp³-hybridized carbons (Fsp3) is 0.0194. The molecule has 0 bridgehead atoms. The zero-order valence-electron chi connectivity index (χ0n) is 59.6. The zero-order chi connectivity index (χ0) is 71.5. The third kappa shape index (κ3) is 10.2. The van der Waals surface area contributed by atoms with Crippen LogP contribution in [0.4, 0.5) is 0 Å². The molecule has 16 aromatic carbocycles. The summed E-state index contributed by atoms with van der Waals surface area (Å²) in [7, 11) is 0. The van der Waals surface area contributed by atoms with Crippen LogP contribution in [-0.2, 0) is 0 Å². The average Bonchev–Trinajstić information content (AvgIpc) is 1.47. The van der Waals surface area contributed by atoms with E-state index in [4.69, 9.17) is 4.98 Å². The SMILES string of the molecule is Cc1cc(C)cc(-c2c(-c3ccccc3-n3c4ccccc4c4ccccc43)c(-n3c4ccc(-c5ccccc5)cc4c4cc(-c5ccccc5)ccc43)nc(-n3c4ccc(-c5ccccc5)cc4c4cc(-c5ccccc5)ccc43)c2-n2c3ccc(-c4ccccc4)cc3c3cc(-c4ccccc4)ccc32)c1. The van der Waals surface area contributed by atoms with Crippen LogP contribution >= 0.6 is 0 Å². The lowest BCUT2D eigenvalue weighted by atomic mass is 9.90. The number of fused-ring (bicyclic) bond motifs is 12. The summed E-state index contributed by atoms with van der Waals surface area (Å²) in [6, 6.07) is 142. The quantitative estimate of drug-likeness (QED) is 0.120. The lowest BCUT2D eigenvalue weighted by molar-refractivity contribution is 0.986. The Morgan fingerprint density at radius 2 is 0.463 bits per heavy atom. The third-order valence-corrected chi connectivity index (χ3v) is 22.2. The Morgan fingerprint density at radius 3 is 0.806 bits per heavy atom. The standard InChI is InChI=1S/C103H69N5/c1-66-57-67(2)59-80(58-66)99-100(83-41-23-26-44-92(83)105-90-42-24-21-39-81(90)82-40-22-25-43-91(82)105)102(107-95-53-47-76(70-31-13-5-14-32-70)62-86(95)87-63-77(48-54-96(87)107)71-33-15-6-16-34-71)104-103(108-97-55-49-78(72-35-17-7-18-36-72)64-88(97)89-65-79(50-56-98(89)108)73-37-19-8-20-38-73)101(99)106-93-51-45-74(68-27-9-3-10-28-68)60-84(93)85-61-75(46-52-94(85)106)69-29-11-4-12-30-69/h3-65H,1-2H3. The molecule has 5 aromatic heterocycles. The number of hydrogen-bond acceptors (Lipinski definition) is 1. The van der Waals surface area contributed by atoms with Gasteiger partial charge < -0.3 is 9.13 Å². The first-order valence-electron chi connectivity index (χ1n) is 37.2. The van der Waals surface area contributed by atoms with Crippen molar-refractivity contribution in [3.63, 3.8) is 0 Å². The van der Waals surface area contributed by atoms with Crippen molar-refractivity contribution < 1.29 is 0 Å². The van der Waals surface area contributed by atoms with Crippen molar-refractivity contribution in [1.82, 2.24) is 23.3 Å². The molecule has 0 spiro atoms. The van der Waals surface area contributed by atoms with Crippen LogP contribution in [0.5, 0.6) is 0 Å². The Bertz CT molecular complexity index is 6780. The number of nitrogens with zero attached hydrogens (tertiary/aromatic N) is 5. The Hall–Kier alpha value is -14.1. The summed E-state index contributed by atoms with van der Waals surface area (Å²) < 4.78 is 10.1. The summed E-state index contributed by atoms with van der Waals surface area (Å²) in [6.07, 6.45) is 0. The fourth-order valence-corrected chi connectivity index (χ4v) is 17.4. The molecular weight excluding hydrogens is 1310 g/mol. The first-order chi connectivity index (χ1) is 53.4. The highest BCUT2D eigenvalue weighted by molar-refractivity contribution is 6.18. The van der Waals surface area contributed by atoms with E-state index in [0.717, 1.165) is 200 Å². The molecule has 0 N–H and O–H groups in total. The van der Waals surface area contributed by atoms with Crippen LogP contribution in [0, 0.1) is 13.8 Å². The predicted molar refractivity (Wildman–Crippen MR) is 455 cm³/mol. The molecule has 0 saturated heterocycles. The van der Waals surface area contributed by atoms with E-state index in [1.54, 1.807) is 0 Å². The topological polar surface area (TPSA) is 32.6 Å². The van der Waals surface area contributed by atoms with Crippen molar-refractivity contribution in [3.8, 4) is 112 Å². The zero-order valence-corrected chi connectivity index (χ0v) is 59.6. The monoisotopic (exact) mass is 1380 g/mol. The molecule has 0 aliphatic heterocycles. The van der Waals surface area contributed by atoms with E-state index in [1.165, 1.54) is 10.8 Å². The van der Waals surface area contributed by atoms with Gasteiger partial charge in [0.25, 0.3) is 0 Å². The second-order valence-electron chi connectivity index (χ2n) is 28.7. The first-order valence-corrected chi connectivity index (χ1v) is 37.2. The van der Waals surface area contributed by atoms with Gasteiger partial charge in [0.1, 0.15) is 5.82 Å². The van der Waals surface area contributed by atoms with Crippen molar-refractivity contribution in [3.05, 3.63) is 393 Å². The number of benzene rings is 16. The van der Waals surface area contributed by atoms with Crippen LogP contribution in [0.2, 0.25) is 0 Å². The molecule has 5 heteroatoms. The summed E-state index contributed by atoms with van der Waals surface area (Å²) in [5, 5.41) is 9.11. The van der Waals surface area contributed by atoms with Crippen LogP contribution in [0.25, 0.3) is 199 Å². The maximum atomic E-state index is 6.83. The molecule has 0 aliphatic rings. The molecule has 0 aliphatic carbocycles. The van der Waals surface area contributed by atoms with E-state index in [1.807, 2.05) is 0 Å². The van der Waals surface area contributed by atoms with Crippen LogP contribution in [0.1, 0.15) is 11.1 Å². The van der Waals surface area contributed by atoms with Gasteiger partial charge in [-0.1, -0.05) is 302 Å². The molecule has 21 rings (SSSR count). The van der Waals surface area contributed by atoms with Gasteiger partial charge in [0.2, 0.25) is 0 Å². The van der Waals surface area contributed by atoms with Crippen molar-refractivity contribution in [2.24, 2.45) is 0 Å². The molecule has 108 heavy (non-hydrogen) atoms. The Morgan fingerprint density at radius 1 is 0.185 bits per heavy atom. The predicted octanol–water partition coefficient (Wildman–Crippen LogP) is 27.4. The molecule has 506 valence electrons. The number of para-hydroxylation sites is 3. The van der Waals surface area contributed by atoms with Crippen molar-refractivity contribution >= 4 is 87.2 Å². The van der Waals surface area contributed by atoms with E-state index in [9.17, 15) is 0 Å². The van der Waals surface area contributed by atoms with Crippen molar-refractivity contribution in [1.29, 1.82) is 0 Å². The molecule has 0 fully saturated rings. The lowest BCUT2D eigenvalue weighted by Crippen LogP contribution is -2.14. The molecule has 5 heterocycles.